The average molecular weight is 241 g/mol. The number of ether oxygens (including phenoxy) is 1. The quantitative estimate of drug-likeness (QED) is 0.782. The Labute approximate surface area is 86.5 Å². The van der Waals surface area contributed by atoms with E-state index in [2.05, 4.69) is 4.74 Å². The van der Waals surface area contributed by atoms with Crippen molar-refractivity contribution in [2.75, 3.05) is 0 Å². The van der Waals surface area contributed by atoms with E-state index >= 15 is 0 Å². The van der Waals surface area contributed by atoms with E-state index in [1.165, 1.54) is 0 Å². The normalized spacial score (nSPS) is 11.6. The highest BCUT2D eigenvalue weighted by Crippen LogP contribution is 2.27. The molecule has 1 aromatic rings. The molecule has 8 heteroatoms. The Kier molecular flexibility index (Phi) is 3.53. The number of hydrogen-bond donors (Lipinski definition) is 2. The molecular formula is C8H7F4NO3. The van der Waals surface area contributed by atoms with Gasteiger partial charge in [0, 0.05) is 11.6 Å². The smallest absolute Gasteiger partial charge is 0.405 e. The summed E-state index contributed by atoms with van der Waals surface area (Å²) in [6, 6.07) is 0.474. The van der Waals surface area contributed by atoms with Gasteiger partial charge in [-0.3, -0.25) is 4.79 Å². The lowest BCUT2D eigenvalue weighted by molar-refractivity contribution is -0.275. The highest BCUT2D eigenvalue weighted by molar-refractivity contribution is 5.35. The van der Waals surface area contributed by atoms with Crippen molar-refractivity contribution in [3.63, 3.8) is 0 Å². The molecule has 0 fully saturated rings. The number of aliphatic hydroxyl groups excluding tert-OH is 1. The fraction of sp³-hybridized carbons (Fsp3) is 0.375. The topological polar surface area (TPSA) is 62.3 Å². The molecule has 0 unspecified atom stereocenters. The van der Waals surface area contributed by atoms with E-state index in [0.717, 1.165) is 0 Å². The Morgan fingerprint density at radius 1 is 1.44 bits per heavy atom. The molecule has 0 saturated carbocycles. The highest BCUT2D eigenvalue weighted by Gasteiger charge is 2.32. The van der Waals surface area contributed by atoms with Gasteiger partial charge < -0.3 is 14.8 Å². The summed E-state index contributed by atoms with van der Waals surface area (Å²) in [6.45, 7) is -2.08. The molecule has 16 heavy (non-hydrogen) atoms. The maximum atomic E-state index is 12.5. The van der Waals surface area contributed by atoms with Gasteiger partial charge in [-0.1, -0.05) is 0 Å². The van der Waals surface area contributed by atoms with Gasteiger partial charge in [0.15, 0.2) is 0 Å². The molecule has 1 heterocycles. The molecule has 0 bridgehead atoms. The molecule has 0 amide bonds. The Morgan fingerprint density at radius 2 is 2.06 bits per heavy atom. The number of nitrogens with one attached hydrogen (secondary N) is 1. The molecule has 0 atom stereocenters. The number of alkyl halides is 4. The minimum Gasteiger partial charge on any atom is -0.405 e. The van der Waals surface area contributed by atoms with E-state index < -0.39 is 36.5 Å². The van der Waals surface area contributed by atoms with Crippen molar-refractivity contribution in [3.05, 3.63) is 27.7 Å². The zero-order valence-electron chi connectivity index (χ0n) is 7.77. The second-order valence-corrected chi connectivity index (χ2v) is 2.79. The third-order valence-electron chi connectivity index (χ3n) is 1.72. The summed E-state index contributed by atoms with van der Waals surface area (Å²) in [4.78, 5) is 12.9. The van der Waals surface area contributed by atoms with Crippen LogP contribution in [0.2, 0.25) is 0 Å². The van der Waals surface area contributed by atoms with Gasteiger partial charge in [-0.15, -0.1) is 13.2 Å². The van der Waals surface area contributed by atoms with Gasteiger partial charge in [-0.2, -0.15) is 0 Å². The molecule has 0 aromatic carbocycles. The minimum atomic E-state index is -5.02. The number of aromatic nitrogens is 1. The van der Waals surface area contributed by atoms with Crippen LogP contribution in [0.4, 0.5) is 17.6 Å². The van der Waals surface area contributed by atoms with Crippen molar-refractivity contribution in [3.8, 4) is 5.75 Å². The monoisotopic (exact) mass is 241 g/mol. The van der Waals surface area contributed by atoms with Crippen LogP contribution in [0.3, 0.4) is 0 Å². The fourth-order valence-electron chi connectivity index (χ4n) is 1.11. The van der Waals surface area contributed by atoms with Gasteiger partial charge in [-0.05, 0) is 0 Å². The van der Waals surface area contributed by atoms with Gasteiger partial charge in [-0.25, -0.2) is 4.39 Å². The number of pyridine rings is 1. The molecule has 1 aromatic heterocycles. The van der Waals surface area contributed by atoms with E-state index in [9.17, 15) is 22.4 Å². The molecular weight excluding hydrogens is 234 g/mol. The van der Waals surface area contributed by atoms with Gasteiger partial charge in [0.25, 0.3) is 5.56 Å². The summed E-state index contributed by atoms with van der Waals surface area (Å²) in [6.07, 6.45) is -5.02. The zero-order valence-corrected chi connectivity index (χ0v) is 7.77. The fourth-order valence-corrected chi connectivity index (χ4v) is 1.11. The molecule has 2 N–H and O–H groups in total. The molecule has 0 radical (unpaired) electrons. The van der Waals surface area contributed by atoms with Gasteiger partial charge in [0.2, 0.25) is 0 Å². The van der Waals surface area contributed by atoms with Crippen LogP contribution in [0, 0.1) is 0 Å². The zero-order chi connectivity index (χ0) is 12.3. The summed E-state index contributed by atoms with van der Waals surface area (Å²) in [5.41, 5.74) is -1.78. The van der Waals surface area contributed by atoms with Crippen molar-refractivity contribution in [1.29, 1.82) is 0 Å². The lowest BCUT2D eigenvalue weighted by Gasteiger charge is -2.13. The van der Waals surface area contributed by atoms with Crippen molar-refractivity contribution < 1.29 is 27.4 Å². The Bertz CT molecular complexity index is 426. The molecule has 90 valence electrons. The van der Waals surface area contributed by atoms with Crippen molar-refractivity contribution in [2.45, 2.75) is 19.6 Å². The summed E-state index contributed by atoms with van der Waals surface area (Å²) >= 11 is 0. The third-order valence-corrected chi connectivity index (χ3v) is 1.72. The molecule has 0 aliphatic heterocycles. The molecule has 0 aliphatic rings. The first-order valence-electron chi connectivity index (χ1n) is 4.05. The Balaban J connectivity index is 3.26. The maximum absolute atomic E-state index is 12.5. The number of H-pyrrole nitrogens is 1. The SMILES string of the molecule is O=c1cc(OC(F)(F)F)c(CF)c(CO)[nH]1. The van der Waals surface area contributed by atoms with Crippen LogP contribution in [0.5, 0.6) is 5.75 Å². The maximum Gasteiger partial charge on any atom is 0.573 e. The van der Waals surface area contributed by atoms with Crippen molar-refractivity contribution in [2.24, 2.45) is 0 Å². The van der Waals surface area contributed by atoms with Gasteiger partial charge >= 0.3 is 6.36 Å². The number of halogens is 4. The van der Waals surface area contributed by atoms with Crippen LogP contribution in [0.1, 0.15) is 11.3 Å². The van der Waals surface area contributed by atoms with Crippen LogP contribution >= 0.6 is 0 Å². The standard InChI is InChI=1S/C8H7F4NO3/c9-2-4-5(3-14)13-7(15)1-6(4)16-8(10,11)12/h1,14H,2-3H2,(H,13,15). The van der Waals surface area contributed by atoms with Crippen LogP contribution in [-0.2, 0) is 13.3 Å². The summed E-state index contributed by atoms with van der Waals surface area (Å²) in [5.74, 6) is -0.942. The number of aromatic amines is 1. The van der Waals surface area contributed by atoms with Gasteiger partial charge in [0.1, 0.15) is 12.4 Å². The number of hydrogen-bond acceptors (Lipinski definition) is 3. The molecule has 0 saturated heterocycles. The number of rotatable bonds is 3. The second-order valence-electron chi connectivity index (χ2n) is 2.79. The minimum absolute atomic E-state index is 0.339. The summed E-state index contributed by atoms with van der Waals surface area (Å²) in [7, 11) is 0. The van der Waals surface area contributed by atoms with E-state index in [4.69, 9.17) is 5.11 Å². The molecule has 4 nitrogen and oxygen atoms in total. The van der Waals surface area contributed by atoms with E-state index in [1.807, 2.05) is 4.98 Å². The van der Waals surface area contributed by atoms with E-state index in [1.54, 1.807) is 0 Å². The van der Waals surface area contributed by atoms with Crippen molar-refractivity contribution >= 4 is 0 Å². The molecule has 0 spiro atoms. The average Bonchev–Trinajstić information content (AvgIpc) is 2.14. The molecule has 1 rings (SSSR count). The Hall–Kier alpha value is -1.57. The largest absolute Gasteiger partial charge is 0.573 e. The summed E-state index contributed by atoms with van der Waals surface area (Å²) in [5, 5.41) is 8.72. The predicted octanol–water partition coefficient (Wildman–Crippen LogP) is 1.24. The van der Waals surface area contributed by atoms with Gasteiger partial charge in [0.05, 0.1) is 12.3 Å². The van der Waals surface area contributed by atoms with E-state index in [0.29, 0.717) is 6.07 Å². The van der Waals surface area contributed by atoms with Crippen LogP contribution < -0.4 is 10.3 Å². The first kappa shape index (κ1) is 12.5. The third kappa shape index (κ3) is 2.96. The van der Waals surface area contributed by atoms with Crippen LogP contribution in [0.25, 0.3) is 0 Å². The second kappa shape index (κ2) is 4.52. The van der Waals surface area contributed by atoms with E-state index in [-0.39, 0.29) is 5.69 Å². The van der Waals surface area contributed by atoms with Crippen molar-refractivity contribution in [1.82, 2.24) is 4.98 Å². The first-order valence-corrected chi connectivity index (χ1v) is 4.05. The van der Waals surface area contributed by atoms with Crippen LogP contribution in [-0.4, -0.2) is 16.5 Å². The summed E-state index contributed by atoms with van der Waals surface area (Å²) < 4.78 is 51.7. The lowest BCUT2D eigenvalue weighted by atomic mass is 10.2. The predicted molar refractivity (Wildman–Crippen MR) is 44.5 cm³/mol. The van der Waals surface area contributed by atoms with Crippen LogP contribution in [0.15, 0.2) is 10.9 Å². The highest BCUT2D eigenvalue weighted by atomic mass is 19.4. The first-order chi connectivity index (χ1) is 7.37. The Morgan fingerprint density at radius 3 is 2.50 bits per heavy atom. The lowest BCUT2D eigenvalue weighted by Crippen LogP contribution is -2.21. The number of aliphatic hydroxyl groups is 1. The molecule has 0 aliphatic carbocycles.